The molecule has 0 spiro atoms. The second-order valence-corrected chi connectivity index (χ2v) is 7.66. The van der Waals surface area contributed by atoms with E-state index in [-0.39, 0.29) is 24.5 Å². The third-order valence-corrected chi connectivity index (χ3v) is 5.06. The first kappa shape index (κ1) is 19.6. The van der Waals surface area contributed by atoms with E-state index in [1.54, 1.807) is 31.2 Å². The average Bonchev–Trinajstić information content (AvgIpc) is 2.60. The van der Waals surface area contributed by atoms with Crippen LogP contribution in [0.2, 0.25) is 0 Å². The lowest BCUT2D eigenvalue weighted by Crippen LogP contribution is -2.34. The quantitative estimate of drug-likeness (QED) is 0.757. The number of pyridine rings is 1. The Morgan fingerprint density at radius 2 is 1.88 bits per heavy atom. The molecule has 0 saturated carbocycles. The van der Waals surface area contributed by atoms with Crippen molar-refractivity contribution in [2.45, 2.75) is 26.9 Å². The molecule has 140 valence electrons. The molecule has 1 aromatic heterocycles. The summed E-state index contributed by atoms with van der Waals surface area (Å²) in [6.45, 7) is 2.76. The van der Waals surface area contributed by atoms with Gasteiger partial charge in [0, 0.05) is 17.8 Å². The minimum atomic E-state index is -3.61. The molecule has 26 heavy (non-hydrogen) atoms. The van der Waals surface area contributed by atoms with Gasteiger partial charge in [-0.1, -0.05) is 18.2 Å². The number of benzene rings is 1. The van der Waals surface area contributed by atoms with Crippen LogP contribution in [0.15, 0.2) is 41.2 Å². The predicted octanol–water partition coefficient (Wildman–Crippen LogP) is 1.37. The van der Waals surface area contributed by atoms with E-state index in [1.807, 2.05) is 0 Å². The Morgan fingerprint density at radius 3 is 2.54 bits per heavy atom. The standard InChI is InChI=1S/C17H20FN3O4S/c1-3-26(24,25)20-15-9-8-12(2)21(17(15)23)11-16(22)19-10-13-6-4-5-7-14(13)18/h4-9,20H,3,10-11H2,1-2H3,(H,19,22). The van der Waals surface area contributed by atoms with Crippen LogP contribution in [0, 0.1) is 12.7 Å². The van der Waals surface area contributed by atoms with Gasteiger partial charge in [0.25, 0.3) is 5.56 Å². The highest BCUT2D eigenvalue weighted by Crippen LogP contribution is 2.07. The molecule has 1 aromatic carbocycles. The largest absolute Gasteiger partial charge is 0.350 e. The van der Waals surface area contributed by atoms with E-state index in [9.17, 15) is 22.4 Å². The molecule has 1 amide bonds. The van der Waals surface area contributed by atoms with Crippen molar-refractivity contribution in [3.63, 3.8) is 0 Å². The molecule has 0 aliphatic carbocycles. The van der Waals surface area contributed by atoms with Crippen LogP contribution < -0.4 is 15.6 Å². The van der Waals surface area contributed by atoms with Crippen LogP contribution in [0.5, 0.6) is 0 Å². The number of nitrogens with one attached hydrogen (secondary N) is 2. The van der Waals surface area contributed by atoms with Crippen LogP contribution in [0.1, 0.15) is 18.2 Å². The fourth-order valence-corrected chi connectivity index (χ4v) is 2.85. The highest BCUT2D eigenvalue weighted by atomic mass is 32.2. The van der Waals surface area contributed by atoms with E-state index >= 15 is 0 Å². The Balaban J connectivity index is 2.14. The molecule has 0 saturated heterocycles. The first-order valence-corrected chi connectivity index (χ1v) is 9.59. The molecule has 2 N–H and O–H groups in total. The van der Waals surface area contributed by atoms with Crippen molar-refractivity contribution >= 4 is 21.6 Å². The summed E-state index contributed by atoms with van der Waals surface area (Å²) in [5.41, 5.74) is 0.0762. The summed E-state index contributed by atoms with van der Waals surface area (Å²) in [5, 5.41) is 2.54. The zero-order valence-electron chi connectivity index (χ0n) is 14.5. The second-order valence-electron chi connectivity index (χ2n) is 5.65. The lowest BCUT2D eigenvalue weighted by molar-refractivity contribution is -0.121. The van der Waals surface area contributed by atoms with Gasteiger partial charge < -0.3 is 9.88 Å². The van der Waals surface area contributed by atoms with Gasteiger partial charge in [-0.15, -0.1) is 0 Å². The normalized spacial score (nSPS) is 11.2. The molecule has 9 heteroatoms. The summed E-state index contributed by atoms with van der Waals surface area (Å²) in [7, 11) is -3.61. The number of nitrogens with zero attached hydrogens (tertiary/aromatic N) is 1. The van der Waals surface area contributed by atoms with E-state index in [2.05, 4.69) is 10.0 Å². The van der Waals surface area contributed by atoms with Gasteiger partial charge >= 0.3 is 0 Å². The Morgan fingerprint density at radius 1 is 1.19 bits per heavy atom. The summed E-state index contributed by atoms with van der Waals surface area (Å²) in [5.74, 6) is -1.10. The van der Waals surface area contributed by atoms with E-state index in [1.165, 1.54) is 19.1 Å². The maximum atomic E-state index is 13.6. The first-order valence-electron chi connectivity index (χ1n) is 7.94. The van der Waals surface area contributed by atoms with Gasteiger partial charge in [0.05, 0.1) is 5.75 Å². The summed E-state index contributed by atoms with van der Waals surface area (Å²) in [4.78, 5) is 24.6. The van der Waals surface area contributed by atoms with Gasteiger partial charge in [-0.25, -0.2) is 12.8 Å². The van der Waals surface area contributed by atoms with Crippen LogP contribution >= 0.6 is 0 Å². The minimum absolute atomic E-state index is 0.0124. The monoisotopic (exact) mass is 381 g/mol. The lowest BCUT2D eigenvalue weighted by Gasteiger charge is -2.13. The Hall–Kier alpha value is -2.68. The van der Waals surface area contributed by atoms with Crippen LogP contribution in [0.25, 0.3) is 0 Å². The van der Waals surface area contributed by atoms with Crippen molar-refractivity contribution in [3.8, 4) is 0 Å². The predicted molar refractivity (Wildman–Crippen MR) is 96.8 cm³/mol. The number of hydrogen-bond acceptors (Lipinski definition) is 4. The molecule has 2 rings (SSSR count). The van der Waals surface area contributed by atoms with Crippen LogP contribution in [0.3, 0.4) is 0 Å². The topological polar surface area (TPSA) is 97.3 Å². The zero-order chi connectivity index (χ0) is 19.3. The molecular weight excluding hydrogens is 361 g/mol. The van der Waals surface area contributed by atoms with Gasteiger partial charge in [-0.2, -0.15) is 0 Å². The number of anilines is 1. The van der Waals surface area contributed by atoms with Gasteiger partial charge in [-0.3, -0.25) is 14.3 Å². The number of hydrogen-bond donors (Lipinski definition) is 2. The maximum Gasteiger partial charge on any atom is 0.275 e. The molecule has 0 aliphatic heterocycles. The lowest BCUT2D eigenvalue weighted by atomic mass is 10.2. The molecule has 7 nitrogen and oxygen atoms in total. The molecule has 2 aromatic rings. The molecular formula is C17H20FN3O4S. The Labute approximate surface area is 150 Å². The first-order chi connectivity index (χ1) is 12.2. The summed E-state index contributed by atoms with van der Waals surface area (Å²) < 4.78 is 40.2. The zero-order valence-corrected chi connectivity index (χ0v) is 15.3. The number of halogens is 1. The molecule has 0 fully saturated rings. The van der Waals surface area contributed by atoms with Crippen molar-refractivity contribution in [2.24, 2.45) is 0 Å². The molecule has 0 unspecified atom stereocenters. The number of sulfonamides is 1. The highest BCUT2D eigenvalue weighted by molar-refractivity contribution is 7.92. The molecule has 1 heterocycles. The fraction of sp³-hybridized carbons (Fsp3) is 0.294. The minimum Gasteiger partial charge on any atom is -0.350 e. The molecule has 0 aliphatic rings. The Kier molecular flexibility index (Phi) is 6.14. The van der Waals surface area contributed by atoms with Crippen LogP contribution in [0.4, 0.5) is 10.1 Å². The van der Waals surface area contributed by atoms with E-state index in [0.717, 1.165) is 4.57 Å². The van der Waals surface area contributed by atoms with Crippen molar-refractivity contribution in [1.82, 2.24) is 9.88 Å². The number of carbonyl (C=O) groups excluding carboxylic acids is 1. The van der Waals surface area contributed by atoms with E-state index in [0.29, 0.717) is 11.3 Å². The fourth-order valence-electron chi connectivity index (χ4n) is 2.22. The smallest absolute Gasteiger partial charge is 0.275 e. The van der Waals surface area contributed by atoms with Crippen molar-refractivity contribution in [1.29, 1.82) is 0 Å². The van der Waals surface area contributed by atoms with Crippen LogP contribution in [-0.2, 0) is 27.9 Å². The number of aromatic nitrogens is 1. The SMILES string of the molecule is CCS(=O)(=O)Nc1ccc(C)n(CC(=O)NCc2ccccc2F)c1=O. The number of aryl methyl sites for hydroxylation is 1. The highest BCUT2D eigenvalue weighted by Gasteiger charge is 2.14. The molecule has 0 radical (unpaired) electrons. The van der Waals surface area contributed by atoms with Gasteiger partial charge in [0.1, 0.15) is 18.0 Å². The van der Waals surface area contributed by atoms with Gasteiger partial charge in [0.2, 0.25) is 15.9 Å². The second kappa shape index (κ2) is 8.13. The third kappa shape index (κ3) is 4.92. The molecule has 0 bridgehead atoms. The van der Waals surface area contributed by atoms with Crippen LogP contribution in [-0.4, -0.2) is 24.6 Å². The van der Waals surface area contributed by atoms with E-state index in [4.69, 9.17) is 0 Å². The Bertz CT molecular complexity index is 970. The third-order valence-electron chi connectivity index (χ3n) is 3.77. The number of rotatable bonds is 7. The van der Waals surface area contributed by atoms with Crippen molar-refractivity contribution < 1.29 is 17.6 Å². The van der Waals surface area contributed by atoms with Gasteiger partial charge in [-0.05, 0) is 32.0 Å². The maximum absolute atomic E-state index is 13.6. The van der Waals surface area contributed by atoms with Crippen molar-refractivity contribution in [2.75, 3.05) is 10.5 Å². The summed E-state index contributed by atoms with van der Waals surface area (Å²) in [6.07, 6.45) is 0. The van der Waals surface area contributed by atoms with Gasteiger partial charge in [0.15, 0.2) is 0 Å². The number of carbonyl (C=O) groups is 1. The average molecular weight is 381 g/mol. The summed E-state index contributed by atoms with van der Waals surface area (Å²) in [6, 6.07) is 8.94. The van der Waals surface area contributed by atoms with E-state index < -0.39 is 27.3 Å². The van der Waals surface area contributed by atoms with Crippen molar-refractivity contribution in [3.05, 3.63) is 63.8 Å². The summed E-state index contributed by atoms with van der Waals surface area (Å²) >= 11 is 0. The number of amides is 1. The molecule has 0 atom stereocenters.